The standard InChI is InChI=1S/C18H18N2O3/c1-14(15-7-3-2-4-8-15)13-19-18(21)12-11-16-9-5-6-10-17(16)20(22)23/h2-12,14H,13H2,1H3,(H,19,21)/b12-11+/t14-/m0/s1. The highest BCUT2D eigenvalue weighted by molar-refractivity contribution is 5.92. The van der Waals surface area contributed by atoms with E-state index in [0.29, 0.717) is 12.1 Å². The molecule has 0 saturated heterocycles. The van der Waals surface area contributed by atoms with Crippen molar-refractivity contribution >= 4 is 17.7 Å². The molecular formula is C18H18N2O3. The van der Waals surface area contributed by atoms with Gasteiger partial charge in [-0.25, -0.2) is 0 Å². The second-order valence-corrected chi connectivity index (χ2v) is 5.21. The van der Waals surface area contributed by atoms with Crippen molar-refractivity contribution in [3.8, 4) is 0 Å². The average molecular weight is 310 g/mol. The second-order valence-electron chi connectivity index (χ2n) is 5.21. The van der Waals surface area contributed by atoms with Crippen LogP contribution in [0, 0.1) is 10.1 Å². The number of nitro benzene ring substituents is 1. The van der Waals surface area contributed by atoms with Gasteiger partial charge in [-0.05, 0) is 23.6 Å². The molecule has 2 rings (SSSR count). The van der Waals surface area contributed by atoms with E-state index in [1.165, 1.54) is 18.2 Å². The highest BCUT2D eigenvalue weighted by Gasteiger charge is 2.10. The Hall–Kier alpha value is -2.95. The van der Waals surface area contributed by atoms with Gasteiger partial charge in [-0.1, -0.05) is 49.4 Å². The minimum atomic E-state index is -0.463. The van der Waals surface area contributed by atoms with E-state index in [2.05, 4.69) is 5.32 Å². The summed E-state index contributed by atoms with van der Waals surface area (Å²) in [5, 5.41) is 13.7. The molecule has 0 aliphatic heterocycles. The Bertz CT molecular complexity index is 711. The quantitative estimate of drug-likeness (QED) is 0.504. The lowest BCUT2D eigenvalue weighted by atomic mass is 10.0. The minimum Gasteiger partial charge on any atom is -0.352 e. The first kappa shape index (κ1) is 16.4. The van der Waals surface area contributed by atoms with Gasteiger partial charge in [0.2, 0.25) is 5.91 Å². The number of benzene rings is 2. The fraction of sp³-hybridized carbons (Fsp3) is 0.167. The summed E-state index contributed by atoms with van der Waals surface area (Å²) in [6.07, 6.45) is 2.78. The number of rotatable bonds is 6. The van der Waals surface area contributed by atoms with Crippen molar-refractivity contribution in [1.82, 2.24) is 5.32 Å². The lowest BCUT2D eigenvalue weighted by Gasteiger charge is -2.11. The molecule has 1 amide bonds. The van der Waals surface area contributed by atoms with Crippen LogP contribution >= 0.6 is 0 Å². The lowest BCUT2D eigenvalue weighted by Crippen LogP contribution is -2.25. The summed E-state index contributed by atoms with van der Waals surface area (Å²) < 4.78 is 0. The van der Waals surface area contributed by atoms with Crippen molar-refractivity contribution in [2.24, 2.45) is 0 Å². The highest BCUT2D eigenvalue weighted by Crippen LogP contribution is 2.18. The van der Waals surface area contributed by atoms with Crippen LogP contribution in [0.1, 0.15) is 24.0 Å². The number of carbonyl (C=O) groups is 1. The third-order valence-corrected chi connectivity index (χ3v) is 3.50. The Morgan fingerprint density at radius 1 is 1.17 bits per heavy atom. The molecule has 118 valence electrons. The summed E-state index contributed by atoms with van der Waals surface area (Å²) in [6, 6.07) is 16.2. The normalized spacial score (nSPS) is 12.0. The molecule has 1 atom stereocenters. The van der Waals surface area contributed by atoms with Crippen molar-refractivity contribution in [1.29, 1.82) is 0 Å². The zero-order valence-corrected chi connectivity index (χ0v) is 12.8. The average Bonchev–Trinajstić information content (AvgIpc) is 2.58. The summed E-state index contributed by atoms with van der Waals surface area (Å²) in [4.78, 5) is 22.3. The van der Waals surface area contributed by atoms with Crippen LogP contribution in [0.2, 0.25) is 0 Å². The predicted octanol–water partition coefficient (Wildman–Crippen LogP) is 3.53. The Labute approximate surface area is 134 Å². The summed E-state index contributed by atoms with van der Waals surface area (Å²) in [7, 11) is 0. The summed E-state index contributed by atoms with van der Waals surface area (Å²) in [6.45, 7) is 2.53. The maximum atomic E-state index is 11.9. The molecule has 1 N–H and O–H groups in total. The van der Waals surface area contributed by atoms with E-state index in [9.17, 15) is 14.9 Å². The number of amides is 1. The monoisotopic (exact) mass is 310 g/mol. The number of nitro groups is 1. The van der Waals surface area contributed by atoms with Gasteiger partial charge in [0, 0.05) is 18.7 Å². The molecule has 0 radical (unpaired) electrons. The molecule has 2 aromatic carbocycles. The molecule has 5 heteroatoms. The minimum absolute atomic E-state index is 0.0193. The first-order valence-corrected chi connectivity index (χ1v) is 7.32. The maximum absolute atomic E-state index is 11.9. The van der Waals surface area contributed by atoms with E-state index >= 15 is 0 Å². The smallest absolute Gasteiger partial charge is 0.276 e. The summed E-state index contributed by atoms with van der Waals surface area (Å²) >= 11 is 0. The molecule has 0 aliphatic rings. The van der Waals surface area contributed by atoms with Gasteiger partial charge < -0.3 is 5.32 Å². The number of carbonyl (C=O) groups excluding carboxylic acids is 1. The van der Waals surface area contributed by atoms with Crippen molar-refractivity contribution in [2.75, 3.05) is 6.54 Å². The van der Waals surface area contributed by atoms with Crippen LogP contribution in [-0.4, -0.2) is 17.4 Å². The number of para-hydroxylation sites is 1. The fourth-order valence-electron chi connectivity index (χ4n) is 2.17. The van der Waals surface area contributed by atoms with Gasteiger partial charge in [0.1, 0.15) is 0 Å². The third kappa shape index (κ3) is 4.78. The molecule has 0 bridgehead atoms. The van der Waals surface area contributed by atoms with Gasteiger partial charge in [0.25, 0.3) is 5.69 Å². The maximum Gasteiger partial charge on any atom is 0.276 e. The number of hydrogen-bond donors (Lipinski definition) is 1. The largest absolute Gasteiger partial charge is 0.352 e. The SMILES string of the molecule is C[C@@H](CNC(=O)/C=C/c1ccccc1[N+](=O)[O-])c1ccccc1. The van der Waals surface area contributed by atoms with Gasteiger partial charge in [-0.3, -0.25) is 14.9 Å². The van der Waals surface area contributed by atoms with Crippen LogP contribution in [0.15, 0.2) is 60.7 Å². The third-order valence-electron chi connectivity index (χ3n) is 3.50. The van der Waals surface area contributed by atoms with Crippen LogP contribution in [0.5, 0.6) is 0 Å². The van der Waals surface area contributed by atoms with Crippen LogP contribution in [0.25, 0.3) is 6.08 Å². The molecule has 0 fully saturated rings. The topological polar surface area (TPSA) is 72.2 Å². The lowest BCUT2D eigenvalue weighted by molar-refractivity contribution is -0.385. The molecule has 0 saturated carbocycles. The molecule has 5 nitrogen and oxygen atoms in total. The van der Waals surface area contributed by atoms with Crippen LogP contribution in [0.3, 0.4) is 0 Å². The molecular weight excluding hydrogens is 292 g/mol. The van der Waals surface area contributed by atoms with E-state index in [1.54, 1.807) is 18.2 Å². The molecule has 0 aliphatic carbocycles. The van der Waals surface area contributed by atoms with Crippen LogP contribution in [0.4, 0.5) is 5.69 Å². The van der Waals surface area contributed by atoms with E-state index < -0.39 is 4.92 Å². The van der Waals surface area contributed by atoms with E-state index in [0.717, 1.165) is 5.56 Å². The van der Waals surface area contributed by atoms with Crippen LogP contribution in [-0.2, 0) is 4.79 Å². The van der Waals surface area contributed by atoms with Crippen molar-refractivity contribution in [3.05, 3.63) is 81.9 Å². The van der Waals surface area contributed by atoms with E-state index in [-0.39, 0.29) is 17.5 Å². The molecule has 0 unspecified atom stereocenters. The van der Waals surface area contributed by atoms with Crippen LogP contribution < -0.4 is 5.32 Å². The molecule has 2 aromatic rings. The Morgan fingerprint density at radius 2 is 1.83 bits per heavy atom. The highest BCUT2D eigenvalue weighted by atomic mass is 16.6. The molecule has 0 aromatic heterocycles. The Morgan fingerprint density at radius 3 is 2.52 bits per heavy atom. The molecule has 0 heterocycles. The van der Waals surface area contributed by atoms with E-state index in [1.807, 2.05) is 37.3 Å². The zero-order chi connectivity index (χ0) is 16.7. The first-order chi connectivity index (χ1) is 11.1. The fourth-order valence-corrected chi connectivity index (χ4v) is 2.17. The number of hydrogen-bond acceptors (Lipinski definition) is 3. The predicted molar refractivity (Wildman–Crippen MR) is 90.0 cm³/mol. The van der Waals surface area contributed by atoms with E-state index in [4.69, 9.17) is 0 Å². The summed E-state index contributed by atoms with van der Waals surface area (Å²) in [5.41, 5.74) is 1.54. The molecule has 0 spiro atoms. The Kier molecular flexibility index (Phi) is 5.63. The number of nitrogens with one attached hydrogen (secondary N) is 1. The molecule has 23 heavy (non-hydrogen) atoms. The van der Waals surface area contributed by atoms with Crippen molar-refractivity contribution in [3.63, 3.8) is 0 Å². The second kappa shape index (κ2) is 7.89. The van der Waals surface area contributed by atoms with Gasteiger partial charge in [0.05, 0.1) is 10.5 Å². The first-order valence-electron chi connectivity index (χ1n) is 7.32. The van der Waals surface area contributed by atoms with Crippen molar-refractivity contribution < 1.29 is 9.72 Å². The van der Waals surface area contributed by atoms with Gasteiger partial charge in [-0.15, -0.1) is 0 Å². The van der Waals surface area contributed by atoms with Gasteiger partial charge in [-0.2, -0.15) is 0 Å². The zero-order valence-electron chi connectivity index (χ0n) is 12.8. The van der Waals surface area contributed by atoms with Gasteiger partial charge >= 0.3 is 0 Å². The summed E-state index contributed by atoms with van der Waals surface area (Å²) in [5.74, 6) is -0.0782. The van der Waals surface area contributed by atoms with Gasteiger partial charge in [0.15, 0.2) is 0 Å². The number of nitrogens with zero attached hydrogens (tertiary/aromatic N) is 1. The Balaban J connectivity index is 1.94. The van der Waals surface area contributed by atoms with Crippen molar-refractivity contribution in [2.45, 2.75) is 12.8 Å².